The zero-order chi connectivity index (χ0) is 10.7. The van der Waals surface area contributed by atoms with Crippen molar-refractivity contribution in [2.24, 2.45) is 23.7 Å². The summed E-state index contributed by atoms with van der Waals surface area (Å²) in [6.45, 7) is -1.18. The highest BCUT2D eigenvalue weighted by Gasteiger charge is 2.48. The van der Waals surface area contributed by atoms with Crippen LogP contribution in [0.25, 0.3) is 0 Å². The minimum absolute atomic E-state index is 0.251. The molecule has 4 atom stereocenters. The number of hydrogen-bond donors (Lipinski definition) is 4. The van der Waals surface area contributed by atoms with Crippen LogP contribution in [0.2, 0.25) is 0 Å². The van der Waals surface area contributed by atoms with Crippen molar-refractivity contribution in [1.29, 1.82) is 0 Å². The first kappa shape index (κ1) is 11.6. The van der Waals surface area contributed by atoms with Gasteiger partial charge in [-0.05, 0) is 11.8 Å². The normalized spacial score (nSPS) is 37.9. The van der Waals surface area contributed by atoms with Crippen molar-refractivity contribution in [2.75, 3.05) is 26.4 Å². The highest BCUT2D eigenvalue weighted by atomic mass is 16.3. The third-order valence-corrected chi connectivity index (χ3v) is 3.13. The fraction of sp³-hybridized carbons (Fsp3) is 0.889. The Morgan fingerprint density at radius 3 is 1.36 bits per heavy atom. The lowest BCUT2D eigenvalue weighted by atomic mass is 9.88. The first-order chi connectivity index (χ1) is 6.71. The van der Waals surface area contributed by atoms with Crippen molar-refractivity contribution in [3.63, 3.8) is 0 Å². The number of aliphatic hydroxyl groups is 4. The molecule has 0 radical (unpaired) electrons. The number of aliphatic hydroxyl groups excluding tert-OH is 4. The van der Waals surface area contributed by atoms with Crippen LogP contribution in [0, 0.1) is 23.7 Å². The Kier molecular flexibility index (Phi) is 4.00. The molecular weight excluding hydrogens is 188 g/mol. The summed E-state index contributed by atoms with van der Waals surface area (Å²) in [5.74, 6) is -2.42. The molecule has 5 nitrogen and oxygen atoms in total. The summed E-state index contributed by atoms with van der Waals surface area (Å²) in [4.78, 5) is 11.6. The lowest BCUT2D eigenvalue weighted by Gasteiger charge is -2.20. The Balaban J connectivity index is 2.87. The van der Waals surface area contributed by atoms with Crippen LogP contribution < -0.4 is 0 Å². The molecule has 0 aliphatic heterocycles. The Morgan fingerprint density at radius 2 is 1.14 bits per heavy atom. The molecule has 14 heavy (non-hydrogen) atoms. The van der Waals surface area contributed by atoms with Crippen LogP contribution in [0.1, 0.15) is 0 Å². The first-order valence-electron chi connectivity index (χ1n) is 4.68. The van der Waals surface area contributed by atoms with Crippen molar-refractivity contribution in [1.82, 2.24) is 0 Å². The maximum Gasteiger partial charge on any atom is 0.144 e. The molecule has 1 aliphatic carbocycles. The predicted octanol–water partition coefficient (Wildman–Crippen LogP) is -2.00. The second-order valence-corrected chi connectivity index (χ2v) is 3.67. The van der Waals surface area contributed by atoms with Crippen LogP contribution in [-0.4, -0.2) is 52.6 Å². The second-order valence-electron chi connectivity index (χ2n) is 3.67. The molecule has 0 heterocycles. The molecule has 82 valence electrons. The molecule has 4 N–H and O–H groups in total. The van der Waals surface area contributed by atoms with E-state index >= 15 is 0 Å². The molecule has 0 spiro atoms. The van der Waals surface area contributed by atoms with E-state index in [0.29, 0.717) is 0 Å². The maximum atomic E-state index is 11.6. The van der Waals surface area contributed by atoms with Crippen LogP contribution in [0.3, 0.4) is 0 Å². The van der Waals surface area contributed by atoms with Gasteiger partial charge in [0, 0.05) is 25.0 Å². The SMILES string of the molecule is O=C1C(CO)C(CO)C(CO)C1CO. The molecule has 1 rings (SSSR count). The summed E-state index contributed by atoms with van der Waals surface area (Å²) < 4.78 is 0. The van der Waals surface area contributed by atoms with Gasteiger partial charge in [0.1, 0.15) is 5.78 Å². The van der Waals surface area contributed by atoms with E-state index in [-0.39, 0.29) is 32.2 Å². The fourth-order valence-electron chi connectivity index (χ4n) is 2.27. The molecule has 0 aromatic carbocycles. The highest BCUT2D eigenvalue weighted by Crippen LogP contribution is 2.37. The summed E-state index contributed by atoms with van der Waals surface area (Å²) >= 11 is 0. The molecule has 0 bridgehead atoms. The summed E-state index contributed by atoms with van der Waals surface area (Å²) in [7, 11) is 0. The Bertz CT molecular complexity index is 185. The average molecular weight is 204 g/mol. The van der Waals surface area contributed by atoms with Crippen molar-refractivity contribution < 1.29 is 25.2 Å². The van der Waals surface area contributed by atoms with E-state index in [2.05, 4.69) is 0 Å². The largest absolute Gasteiger partial charge is 0.396 e. The smallest absolute Gasteiger partial charge is 0.144 e. The molecule has 5 heteroatoms. The van der Waals surface area contributed by atoms with Gasteiger partial charge in [-0.3, -0.25) is 4.79 Å². The number of carbonyl (C=O) groups excluding carboxylic acids is 1. The standard InChI is InChI=1S/C9H16O5/c10-1-5-6(2-11)8(4-13)9(14)7(5)3-12/h5-8,10-13H,1-4H2. The predicted molar refractivity (Wildman–Crippen MR) is 47.3 cm³/mol. The fourth-order valence-corrected chi connectivity index (χ4v) is 2.27. The third kappa shape index (κ3) is 1.68. The molecule has 1 fully saturated rings. The van der Waals surface area contributed by atoms with Crippen LogP contribution in [0.15, 0.2) is 0 Å². The summed E-state index contributed by atoms with van der Waals surface area (Å²) in [6, 6.07) is 0. The Morgan fingerprint density at radius 1 is 0.786 bits per heavy atom. The monoisotopic (exact) mass is 204 g/mol. The van der Waals surface area contributed by atoms with Gasteiger partial charge in [0.25, 0.3) is 0 Å². The van der Waals surface area contributed by atoms with Gasteiger partial charge in [-0.1, -0.05) is 0 Å². The number of ketones is 1. The Labute approximate surface area is 82.0 Å². The van der Waals surface area contributed by atoms with Gasteiger partial charge in [-0.15, -0.1) is 0 Å². The zero-order valence-electron chi connectivity index (χ0n) is 7.83. The van der Waals surface area contributed by atoms with Gasteiger partial charge in [0.2, 0.25) is 0 Å². The minimum atomic E-state index is -0.644. The van der Waals surface area contributed by atoms with Gasteiger partial charge in [0.05, 0.1) is 13.2 Å². The van der Waals surface area contributed by atoms with Gasteiger partial charge in [0.15, 0.2) is 0 Å². The van der Waals surface area contributed by atoms with Crippen molar-refractivity contribution in [3.8, 4) is 0 Å². The lowest BCUT2D eigenvalue weighted by molar-refractivity contribution is -0.126. The van der Waals surface area contributed by atoms with Crippen LogP contribution in [0.4, 0.5) is 0 Å². The second kappa shape index (κ2) is 4.84. The Hall–Kier alpha value is -0.490. The highest BCUT2D eigenvalue weighted by molar-refractivity contribution is 5.86. The summed E-state index contributed by atoms with van der Waals surface area (Å²) in [6.07, 6.45) is 0. The van der Waals surface area contributed by atoms with Gasteiger partial charge >= 0.3 is 0 Å². The molecule has 0 aromatic rings. The van der Waals surface area contributed by atoms with E-state index < -0.39 is 23.7 Å². The molecule has 0 aromatic heterocycles. The molecule has 0 amide bonds. The third-order valence-electron chi connectivity index (χ3n) is 3.13. The molecule has 4 unspecified atom stereocenters. The number of hydrogen-bond acceptors (Lipinski definition) is 5. The average Bonchev–Trinajstić information content (AvgIpc) is 2.48. The topological polar surface area (TPSA) is 98.0 Å². The summed E-state index contributed by atoms with van der Waals surface area (Å²) in [5, 5.41) is 36.0. The summed E-state index contributed by atoms with van der Waals surface area (Å²) in [5.41, 5.74) is 0. The van der Waals surface area contributed by atoms with Gasteiger partial charge in [-0.25, -0.2) is 0 Å². The van der Waals surface area contributed by atoms with E-state index in [4.69, 9.17) is 20.4 Å². The van der Waals surface area contributed by atoms with E-state index in [0.717, 1.165) is 0 Å². The maximum absolute atomic E-state index is 11.6. The quantitative estimate of drug-likeness (QED) is 0.425. The van der Waals surface area contributed by atoms with E-state index in [9.17, 15) is 4.79 Å². The molecule has 1 saturated carbocycles. The van der Waals surface area contributed by atoms with Crippen molar-refractivity contribution in [3.05, 3.63) is 0 Å². The zero-order valence-corrected chi connectivity index (χ0v) is 7.83. The van der Waals surface area contributed by atoms with Crippen LogP contribution >= 0.6 is 0 Å². The number of Topliss-reactive ketones (excluding diaryl/α,β-unsaturated/α-hetero) is 1. The minimum Gasteiger partial charge on any atom is -0.396 e. The number of carbonyl (C=O) groups is 1. The van der Waals surface area contributed by atoms with Crippen LogP contribution in [-0.2, 0) is 4.79 Å². The van der Waals surface area contributed by atoms with Gasteiger partial charge in [-0.2, -0.15) is 0 Å². The van der Waals surface area contributed by atoms with Crippen molar-refractivity contribution >= 4 is 5.78 Å². The van der Waals surface area contributed by atoms with Crippen molar-refractivity contribution in [2.45, 2.75) is 0 Å². The van der Waals surface area contributed by atoms with E-state index in [1.165, 1.54) is 0 Å². The van der Waals surface area contributed by atoms with Gasteiger partial charge < -0.3 is 20.4 Å². The first-order valence-corrected chi connectivity index (χ1v) is 4.68. The molecular formula is C9H16O5. The number of rotatable bonds is 4. The molecule has 1 aliphatic rings. The molecule has 0 saturated heterocycles. The van der Waals surface area contributed by atoms with Crippen LogP contribution in [0.5, 0.6) is 0 Å². The van der Waals surface area contributed by atoms with E-state index in [1.807, 2.05) is 0 Å². The van der Waals surface area contributed by atoms with E-state index in [1.54, 1.807) is 0 Å². The lowest BCUT2D eigenvalue weighted by Crippen LogP contribution is -2.26.